The van der Waals surface area contributed by atoms with E-state index in [-0.39, 0.29) is 17.7 Å². The predicted octanol–water partition coefficient (Wildman–Crippen LogP) is 2.16. The molecule has 0 aromatic carbocycles. The summed E-state index contributed by atoms with van der Waals surface area (Å²) in [7, 11) is 1.61. The summed E-state index contributed by atoms with van der Waals surface area (Å²) in [5.41, 5.74) is 1.58. The number of pyridine rings is 1. The molecule has 0 aliphatic heterocycles. The SMILES string of the molecule is CNC(=O)Cc1nc(-c2ccc3cc[nH]c3n2)n(CC(C)(C)C)n1. The van der Waals surface area contributed by atoms with Gasteiger partial charge in [0.05, 0.1) is 6.42 Å². The summed E-state index contributed by atoms with van der Waals surface area (Å²) in [6.07, 6.45) is 2.02. The number of hydrogen-bond donors (Lipinski definition) is 2. The summed E-state index contributed by atoms with van der Waals surface area (Å²) in [6, 6.07) is 5.91. The second kappa shape index (κ2) is 6.07. The number of amides is 1. The molecule has 3 aromatic rings. The van der Waals surface area contributed by atoms with E-state index < -0.39 is 0 Å². The molecule has 3 heterocycles. The lowest BCUT2D eigenvalue weighted by atomic mass is 9.97. The minimum atomic E-state index is -0.109. The molecule has 24 heavy (non-hydrogen) atoms. The molecule has 1 amide bonds. The second-order valence-electron chi connectivity index (χ2n) is 7.03. The monoisotopic (exact) mass is 326 g/mol. The summed E-state index contributed by atoms with van der Waals surface area (Å²) < 4.78 is 1.84. The molecule has 2 N–H and O–H groups in total. The molecule has 3 rings (SSSR count). The Labute approximate surface area is 140 Å². The first-order valence-electron chi connectivity index (χ1n) is 7.94. The minimum absolute atomic E-state index is 0.0310. The Morgan fingerprint density at radius 3 is 2.75 bits per heavy atom. The van der Waals surface area contributed by atoms with Crippen LogP contribution in [-0.2, 0) is 17.8 Å². The number of H-pyrrole nitrogens is 1. The molecular weight excluding hydrogens is 304 g/mol. The van der Waals surface area contributed by atoms with E-state index >= 15 is 0 Å². The largest absolute Gasteiger partial charge is 0.359 e. The van der Waals surface area contributed by atoms with Crippen molar-refractivity contribution >= 4 is 16.9 Å². The highest BCUT2D eigenvalue weighted by Crippen LogP contribution is 2.23. The maximum Gasteiger partial charge on any atom is 0.227 e. The van der Waals surface area contributed by atoms with Gasteiger partial charge in [-0.2, -0.15) is 5.10 Å². The molecule has 0 atom stereocenters. The summed E-state index contributed by atoms with van der Waals surface area (Å²) in [5.74, 6) is 1.07. The van der Waals surface area contributed by atoms with Gasteiger partial charge in [-0.3, -0.25) is 4.79 Å². The van der Waals surface area contributed by atoms with Crippen LogP contribution in [0.15, 0.2) is 24.4 Å². The Morgan fingerprint density at radius 2 is 2.04 bits per heavy atom. The molecular formula is C17H22N6O. The Hall–Kier alpha value is -2.70. The standard InChI is InChI=1S/C17H22N6O/c1-17(2,3)10-23-16(21-13(22-23)9-14(24)18-4)12-6-5-11-7-8-19-15(11)20-12/h5-8H,9-10H2,1-4H3,(H,18,24)(H,19,20). The maximum atomic E-state index is 11.6. The molecule has 0 saturated carbocycles. The van der Waals surface area contributed by atoms with Crippen LogP contribution in [0, 0.1) is 5.41 Å². The van der Waals surface area contributed by atoms with Crippen molar-refractivity contribution in [3.8, 4) is 11.5 Å². The van der Waals surface area contributed by atoms with Crippen LogP contribution in [0.3, 0.4) is 0 Å². The fraction of sp³-hybridized carbons (Fsp3) is 0.412. The molecule has 0 spiro atoms. The van der Waals surface area contributed by atoms with Gasteiger partial charge in [0.15, 0.2) is 11.6 Å². The van der Waals surface area contributed by atoms with Gasteiger partial charge in [0.2, 0.25) is 5.91 Å². The van der Waals surface area contributed by atoms with Gasteiger partial charge < -0.3 is 10.3 Å². The number of hydrogen-bond acceptors (Lipinski definition) is 4. The number of nitrogens with zero attached hydrogens (tertiary/aromatic N) is 4. The highest BCUT2D eigenvalue weighted by molar-refractivity contribution is 5.78. The van der Waals surface area contributed by atoms with Crippen molar-refractivity contribution in [2.24, 2.45) is 5.41 Å². The van der Waals surface area contributed by atoms with Gasteiger partial charge >= 0.3 is 0 Å². The first-order valence-corrected chi connectivity index (χ1v) is 7.94. The first-order chi connectivity index (χ1) is 11.4. The number of rotatable bonds is 4. The van der Waals surface area contributed by atoms with Gasteiger partial charge in [-0.05, 0) is 23.6 Å². The summed E-state index contributed by atoms with van der Waals surface area (Å²) in [4.78, 5) is 23.9. The average molecular weight is 326 g/mol. The molecule has 0 aliphatic rings. The highest BCUT2D eigenvalue weighted by Gasteiger charge is 2.20. The molecule has 0 unspecified atom stereocenters. The molecule has 0 saturated heterocycles. The number of carbonyl (C=O) groups excluding carboxylic acids is 1. The van der Waals surface area contributed by atoms with E-state index in [0.717, 1.165) is 16.7 Å². The van der Waals surface area contributed by atoms with E-state index in [4.69, 9.17) is 0 Å². The molecule has 0 bridgehead atoms. The topological polar surface area (TPSA) is 88.5 Å². The van der Waals surface area contributed by atoms with Crippen LogP contribution in [0.2, 0.25) is 0 Å². The van der Waals surface area contributed by atoms with Crippen molar-refractivity contribution < 1.29 is 4.79 Å². The summed E-state index contributed by atoms with van der Waals surface area (Å²) in [5, 5.41) is 8.17. The van der Waals surface area contributed by atoms with Crippen LogP contribution in [-0.4, -0.2) is 37.7 Å². The van der Waals surface area contributed by atoms with Gasteiger partial charge in [0, 0.05) is 25.2 Å². The Balaban J connectivity index is 2.04. The van der Waals surface area contributed by atoms with E-state index in [1.807, 2.05) is 29.1 Å². The zero-order chi connectivity index (χ0) is 17.3. The molecule has 3 aromatic heterocycles. The highest BCUT2D eigenvalue weighted by atomic mass is 16.1. The maximum absolute atomic E-state index is 11.6. The van der Waals surface area contributed by atoms with Crippen LogP contribution in [0.25, 0.3) is 22.6 Å². The number of aromatic amines is 1. The van der Waals surface area contributed by atoms with E-state index in [1.165, 1.54) is 0 Å². The Morgan fingerprint density at radius 1 is 1.25 bits per heavy atom. The van der Waals surface area contributed by atoms with E-state index in [2.05, 4.69) is 46.1 Å². The predicted molar refractivity (Wildman–Crippen MR) is 92.3 cm³/mol. The average Bonchev–Trinajstić information content (AvgIpc) is 3.11. The lowest BCUT2D eigenvalue weighted by molar-refractivity contribution is -0.120. The first kappa shape index (κ1) is 16.2. The van der Waals surface area contributed by atoms with Crippen LogP contribution < -0.4 is 5.32 Å². The second-order valence-corrected chi connectivity index (χ2v) is 7.03. The van der Waals surface area contributed by atoms with Crippen molar-refractivity contribution in [2.45, 2.75) is 33.7 Å². The van der Waals surface area contributed by atoms with Crippen LogP contribution in [0.1, 0.15) is 26.6 Å². The van der Waals surface area contributed by atoms with Crippen LogP contribution in [0.5, 0.6) is 0 Å². The fourth-order valence-electron chi connectivity index (χ4n) is 2.50. The third-order valence-corrected chi connectivity index (χ3v) is 3.58. The lowest BCUT2D eigenvalue weighted by Gasteiger charge is -2.18. The van der Waals surface area contributed by atoms with Crippen molar-refractivity contribution in [1.29, 1.82) is 0 Å². The molecule has 7 nitrogen and oxygen atoms in total. The van der Waals surface area contributed by atoms with Crippen LogP contribution in [0.4, 0.5) is 0 Å². The third-order valence-electron chi connectivity index (χ3n) is 3.58. The smallest absolute Gasteiger partial charge is 0.227 e. The minimum Gasteiger partial charge on any atom is -0.359 e. The van der Waals surface area contributed by atoms with Crippen LogP contribution >= 0.6 is 0 Å². The number of fused-ring (bicyclic) bond motifs is 1. The molecule has 0 fully saturated rings. The summed E-state index contributed by atoms with van der Waals surface area (Å²) in [6.45, 7) is 7.10. The summed E-state index contributed by atoms with van der Waals surface area (Å²) >= 11 is 0. The van der Waals surface area contributed by atoms with Crippen molar-refractivity contribution in [3.63, 3.8) is 0 Å². The molecule has 0 radical (unpaired) electrons. The van der Waals surface area contributed by atoms with Gasteiger partial charge in [-0.1, -0.05) is 20.8 Å². The zero-order valence-electron chi connectivity index (χ0n) is 14.4. The number of likely N-dealkylation sites (N-methyl/N-ethyl adjacent to an activating group) is 1. The van der Waals surface area contributed by atoms with Crippen molar-refractivity contribution in [1.82, 2.24) is 30.0 Å². The van der Waals surface area contributed by atoms with Crippen molar-refractivity contribution in [3.05, 3.63) is 30.2 Å². The van der Waals surface area contributed by atoms with Gasteiger partial charge in [-0.15, -0.1) is 0 Å². The number of aromatic nitrogens is 5. The Bertz CT molecular complexity index is 871. The molecule has 0 aliphatic carbocycles. The quantitative estimate of drug-likeness (QED) is 0.769. The normalized spacial score (nSPS) is 11.8. The van der Waals surface area contributed by atoms with Gasteiger partial charge in [0.1, 0.15) is 11.3 Å². The fourth-order valence-corrected chi connectivity index (χ4v) is 2.50. The zero-order valence-corrected chi connectivity index (χ0v) is 14.4. The van der Waals surface area contributed by atoms with E-state index in [0.29, 0.717) is 18.2 Å². The van der Waals surface area contributed by atoms with E-state index in [9.17, 15) is 4.79 Å². The van der Waals surface area contributed by atoms with Crippen molar-refractivity contribution in [2.75, 3.05) is 7.05 Å². The third kappa shape index (κ3) is 3.45. The van der Waals surface area contributed by atoms with Gasteiger partial charge in [-0.25, -0.2) is 14.6 Å². The molecule has 126 valence electrons. The van der Waals surface area contributed by atoms with Gasteiger partial charge in [0.25, 0.3) is 0 Å². The number of carbonyl (C=O) groups is 1. The lowest BCUT2D eigenvalue weighted by Crippen LogP contribution is -2.21. The van der Waals surface area contributed by atoms with E-state index in [1.54, 1.807) is 7.05 Å². The molecule has 7 heteroatoms. The number of nitrogens with one attached hydrogen (secondary N) is 2. The Kier molecular flexibility index (Phi) is 4.09.